The number of H-pyrrole nitrogens is 1. The van der Waals surface area contributed by atoms with Crippen molar-refractivity contribution in [2.75, 3.05) is 12.4 Å². The van der Waals surface area contributed by atoms with Gasteiger partial charge < -0.3 is 10.3 Å². The maximum absolute atomic E-state index is 4.53. The number of hydrogen-bond donors (Lipinski definition) is 2. The number of hydrogen-bond acceptors (Lipinski definition) is 2. The maximum atomic E-state index is 4.53. The fraction of sp³-hybridized carbons (Fsp3) is 0.188. The molecule has 3 nitrogen and oxygen atoms in total. The molecule has 0 unspecified atom stereocenters. The lowest BCUT2D eigenvalue weighted by Gasteiger charge is -2.04. The molecule has 3 rings (SSSR count). The second-order valence-electron chi connectivity index (χ2n) is 4.60. The molecule has 3 heteroatoms. The van der Waals surface area contributed by atoms with Gasteiger partial charge in [-0.3, -0.25) is 0 Å². The maximum Gasteiger partial charge on any atom is 0.106 e. The third-order valence-electron chi connectivity index (χ3n) is 3.37. The Morgan fingerprint density at radius 2 is 1.79 bits per heavy atom. The molecule has 0 radical (unpaired) electrons. The number of anilines is 1. The molecule has 1 aromatic heterocycles. The van der Waals surface area contributed by atoms with Crippen molar-refractivity contribution in [3.63, 3.8) is 0 Å². The minimum Gasteiger partial charge on any atom is -0.388 e. The molecule has 0 saturated carbocycles. The molecule has 1 heterocycles. The number of aromatic amines is 1. The number of rotatable bonds is 3. The number of benzene rings is 2. The Balaban J connectivity index is 2.03. The summed E-state index contributed by atoms with van der Waals surface area (Å²) in [7, 11) is 1.93. The van der Waals surface area contributed by atoms with Gasteiger partial charge in [0, 0.05) is 19.2 Å². The molecule has 19 heavy (non-hydrogen) atoms. The van der Waals surface area contributed by atoms with Gasteiger partial charge in [-0.25, -0.2) is 4.98 Å². The Kier molecular flexibility index (Phi) is 2.95. The average Bonchev–Trinajstić information content (AvgIpc) is 2.89. The molecule has 0 saturated heterocycles. The molecule has 0 atom stereocenters. The Morgan fingerprint density at radius 3 is 2.47 bits per heavy atom. The molecule has 96 valence electrons. The molecule has 0 aliphatic rings. The van der Waals surface area contributed by atoms with Crippen LogP contribution in [-0.2, 0) is 6.42 Å². The van der Waals surface area contributed by atoms with Crippen LogP contribution in [0.2, 0.25) is 0 Å². The van der Waals surface area contributed by atoms with Crippen LogP contribution in [-0.4, -0.2) is 17.0 Å². The highest BCUT2D eigenvalue weighted by molar-refractivity contribution is 5.82. The van der Waals surface area contributed by atoms with Gasteiger partial charge in [-0.15, -0.1) is 0 Å². The van der Waals surface area contributed by atoms with Crippen molar-refractivity contribution < 1.29 is 0 Å². The molecule has 0 amide bonds. The summed E-state index contributed by atoms with van der Waals surface area (Å²) in [6.45, 7) is 2.11. The topological polar surface area (TPSA) is 40.7 Å². The largest absolute Gasteiger partial charge is 0.388 e. The lowest BCUT2D eigenvalue weighted by atomic mass is 10.0. The van der Waals surface area contributed by atoms with E-state index < -0.39 is 0 Å². The first-order chi connectivity index (χ1) is 9.30. The lowest BCUT2D eigenvalue weighted by Crippen LogP contribution is -1.86. The van der Waals surface area contributed by atoms with Gasteiger partial charge in [0.25, 0.3) is 0 Å². The predicted molar refractivity (Wildman–Crippen MR) is 80.5 cm³/mol. The van der Waals surface area contributed by atoms with Gasteiger partial charge in [-0.05, 0) is 35.4 Å². The molecule has 0 aliphatic carbocycles. The van der Waals surface area contributed by atoms with Gasteiger partial charge in [0.15, 0.2) is 0 Å². The smallest absolute Gasteiger partial charge is 0.106 e. The van der Waals surface area contributed by atoms with E-state index in [9.17, 15) is 0 Å². The molecule has 0 bridgehead atoms. The molecular weight excluding hydrogens is 234 g/mol. The summed E-state index contributed by atoms with van der Waals surface area (Å²) >= 11 is 0. The van der Waals surface area contributed by atoms with E-state index in [1.807, 2.05) is 7.05 Å². The number of fused-ring (bicyclic) bond motifs is 1. The van der Waals surface area contributed by atoms with E-state index in [1.165, 1.54) is 11.1 Å². The third kappa shape index (κ3) is 2.19. The molecule has 0 fully saturated rings. The average molecular weight is 251 g/mol. The van der Waals surface area contributed by atoms with E-state index in [-0.39, 0.29) is 0 Å². The Bertz CT molecular complexity index is 696. The zero-order chi connectivity index (χ0) is 13.2. The molecule has 0 spiro atoms. The van der Waals surface area contributed by atoms with Gasteiger partial charge in [0.2, 0.25) is 0 Å². The van der Waals surface area contributed by atoms with Gasteiger partial charge in [0.05, 0.1) is 11.0 Å². The molecule has 2 aromatic carbocycles. The molecular formula is C16H17N3. The van der Waals surface area contributed by atoms with Crippen LogP contribution in [0.15, 0.2) is 42.5 Å². The van der Waals surface area contributed by atoms with E-state index in [0.29, 0.717) is 0 Å². The van der Waals surface area contributed by atoms with Crippen molar-refractivity contribution in [2.24, 2.45) is 0 Å². The van der Waals surface area contributed by atoms with Crippen LogP contribution < -0.4 is 5.32 Å². The minimum atomic E-state index is 0.931. The highest BCUT2D eigenvalue weighted by Gasteiger charge is 2.04. The second-order valence-corrected chi connectivity index (χ2v) is 4.60. The Hall–Kier alpha value is -2.29. The van der Waals surface area contributed by atoms with E-state index in [4.69, 9.17) is 0 Å². The van der Waals surface area contributed by atoms with E-state index in [2.05, 4.69) is 64.7 Å². The summed E-state index contributed by atoms with van der Waals surface area (Å²) < 4.78 is 0. The van der Waals surface area contributed by atoms with Crippen LogP contribution in [0.1, 0.15) is 12.7 Å². The van der Waals surface area contributed by atoms with Crippen molar-refractivity contribution in [2.45, 2.75) is 13.3 Å². The highest BCUT2D eigenvalue weighted by atomic mass is 14.9. The fourth-order valence-corrected chi connectivity index (χ4v) is 2.24. The molecule has 3 aromatic rings. The summed E-state index contributed by atoms with van der Waals surface area (Å²) in [6.07, 6.45) is 0.931. The first-order valence-electron chi connectivity index (χ1n) is 6.57. The van der Waals surface area contributed by atoms with Crippen molar-refractivity contribution in [3.8, 4) is 11.1 Å². The van der Waals surface area contributed by atoms with Crippen molar-refractivity contribution in [1.82, 2.24) is 9.97 Å². The van der Waals surface area contributed by atoms with Crippen LogP contribution in [0.3, 0.4) is 0 Å². The number of nitrogens with zero attached hydrogens (tertiary/aromatic N) is 1. The minimum absolute atomic E-state index is 0.931. The summed E-state index contributed by atoms with van der Waals surface area (Å²) in [4.78, 5) is 7.88. The SMILES string of the molecule is CCc1nc2ccc(-c3ccc(NC)cc3)cc2[nH]1. The predicted octanol–water partition coefficient (Wildman–Crippen LogP) is 3.83. The van der Waals surface area contributed by atoms with Crippen LogP contribution in [0, 0.1) is 0 Å². The fourth-order valence-electron chi connectivity index (χ4n) is 2.24. The Labute approximate surface area is 112 Å². The second kappa shape index (κ2) is 4.76. The first-order valence-corrected chi connectivity index (χ1v) is 6.57. The summed E-state index contributed by atoms with van der Waals surface area (Å²) in [5.74, 6) is 1.04. The number of imidazole rings is 1. The summed E-state index contributed by atoms with van der Waals surface area (Å²) in [5, 5.41) is 3.13. The highest BCUT2D eigenvalue weighted by Crippen LogP contribution is 2.24. The normalized spacial score (nSPS) is 10.8. The summed E-state index contributed by atoms with van der Waals surface area (Å²) in [6, 6.07) is 14.8. The summed E-state index contributed by atoms with van der Waals surface area (Å²) in [5.41, 5.74) is 5.69. The zero-order valence-electron chi connectivity index (χ0n) is 11.2. The Morgan fingerprint density at radius 1 is 1.05 bits per heavy atom. The van der Waals surface area contributed by atoms with Crippen molar-refractivity contribution in [1.29, 1.82) is 0 Å². The third-order valence-corrected chi connectivity index (χ3v) is 3.37. The molecule has 2 N–H and O–H groups in total. The van der Waals surface area contributed by atoms with Crippen molar-refractivity contribution >= 4 is 16.7 Å². The van der Waals surface area contributed by atoms with Crippen molar-refractivity contribution in [3.05, 3.63) is 48.3 Å². The quantitative estimate of drug-likeness (QED) is 0.742. The van der Waals surface area contributed by atoms with Crippen LogP contribution in [0.5, 0.6) is 0 Å². The van der Waals surface area contributed by atoms with Gasteiger partial charge in [0.1, 0.15) is 5.82 Å². The van der Waals surface area contributed by atoms with Crippen LogP contribution in [0.4, 0.5) is 5.69 Å². The van der Waals surface area contributed by atoms with E-state index in [0.717, 1.165) is 29.0 Å². The van der Waals surface area contributed by atoms with E-state index >= 15 is 0 Å². The first kappa shape index (κ1) is 11.8. The number of nitrogens with one attached hydrogen (secondary N) is 2. The van der Waals surface area contributed by atoms with Gasteiger partial charge in [-0.1, -0.05) is 25.1 Å². The monoisotopic (exact) mass is 251 g/mol. The molecule has 0 aliphatic heterocycles. The number of aromatic nitrogens is 2. The lowest BCUT2D eigenvalue weighted by molar-refractivity contribution is 1.00. The van der Waals surface area contributed by atoms with Crippen LogP contribution >= 0.6 is 0 Å². The number of aryl methyl sites for hydroxylation is 1. The van der Waals surface area contributed by atoms with E-state index in [1.54, 1.807) is 0 Å². The zero-order valence-corrected chi connectivity index (χ0v) is 11.2. The standard InChI is InChI=1S/C16H17N3/c1-3-16-18-14-9-6-12(10-15(14)19-16)11-4-7-13(17-2)8-5-11/h4-10,17H,3H2,1-2H3,(H,18,19). The van der Waals surface area contributed by atoms with Gasteiger partial charge in [-0.2, -0.15) is 0 Å². The van der Waals surface area contributed by atoms with Crippen LogP contribution in [0.25, 0.3) is 22.2 Å². The van der Waals surface area contributed by atoms with Gasteiger partial charge >= 0.3 is 0 Å².